The number of fused-ring (bicyclic) bond motifs is 1. The molecule has 64 valence electrons. The van der Waals surface area contributed by atoms with E-state index in [0.29, 0.717) is 5.88 Å². The van der Waals surface area contributed by atoms with Gasteiger partial charge in [-0.05, 0) is 12.1 Å². The molecule has 13 heavy (non-hydrogen) atoms. The van der Waals surface area contributed by atoms with Crippen molar-refractivity contribution in [3.8, 4) is 5.88 Å². The van der Waals surface area contributed by atoms with E-state index in [1.54, 1.807) is 6.20 Å². The summed E-state index contributed by atoms with van der Waals surface area (Å²) in [6, 6.07) is 7.62. The number of rotatable bonds is 2. The van der Waals surface area contributed by atoms with E-state index in [0.717, 1.165) is 11.0 Å². The summed E-state index contributed by atoms with van der Waals surface area (Å²) in [5, 5.41) is 0. The van der Waals surface area contributed by atoms with E-state index in [4.69, 9.17) is 4.74 Å². The maximum Gasteiger partial charge on any atom is 0.237 e. The zero-order valence-electron chi connectivity index (χ0n) is 6.97. The van der Waals surface area contributed by atoms with E-state index in [1.165, 1.54) is 6.26 Å². The van der Waals surface area contributed by atoms with Crippen molar-refractivity contribution in [1.29, 1.82) is 0 Å². The van der Waals surface area contributed by atoms with Crippen LogP contribution in [0, 0.1) is 0 Å². The lowest BCUT2D eigenvalue weighted by molar-refractivity contribution is 0.463. The molecule has 2 aromatic rings. The number of nitrogens with zero attached hydrogens (tertiary/aromatic N) is 2. The average Bonchev–Trinajstić information content (AvgIpc) is 2.18. The van der Waals surface area contributed by atoms with Crippen molar-refractivity contribution in [2.24, 2.45) is 0 Å². The summed E-state index contributed by atoms with van der Waals surface area (Å²) in [4.78, 5) is 8.37. The summed E-state index contributed by atoms with van der Waals surface area (Å²) in [6.07, 6.45) is 2.91. The standard InChI is InChI=1S/C10H8N2O/c1-2-13-10-7-11-8-5-3-4-6-9(8)12-10/h2-7H,1H2. The Morgan fingerprint density at radius 2 is 2.00 bits per heavy atom. The molecule has 0 radical (unpaired) electrons. The fourth-order valence-electron chi connectivity index (χ4n) is 1.08. The molecule has 0 saturated carbocycles. The van der Waals surface area contributed by atoms with Crippen LogP contribution >= 0.6 is 0 Å². The second-order valence-electron chi connectivity index (χ2n) is 2.48. The number of benzene rings is 1. The molecule has 3 heteroatoms. The lowest BCUT2D eigenvalue weighted by atomic mass is 10.3. The lowest BCUT2D eigenvalue weighted by Crippen LogP contribution is -1.88. The summed E-state index contributed by atoms with van der Waals surface area (Å²) in [6.45, 7) is 3.45. The number of ether oxygens (including phenoxy) is 1. The van der Waals surface area contributed by atoms with Crippen LogP contribution in [0.3, 0.4) is 0 Å². The zero-order valence-corrected chi connectivity index (χ0v) is 6.97. The van der Waals surface area contributed by atoms with Crippen LogP contribution in [0.15, 0.2) is 43.3 Å². The highest BCUT2D eigenvalue weighted by Crippen LogP contribution is 2.12. The van der Waals surface area contributed by atoms with Gasteiger partial charge in [-0.3, -0.25) is 0 Å². The SMILES string of the molecule is C=COc1cnc2ccccc2n1. The van der Waals surface area contributed by atoms with E-state index >= 15 is 0 Å². The van der Waals surface area contributed by atoms with Crippen LogP contribution in [0.5, 0.6) is 5.88 Å². The molecule has 3 nitrogen and oxygen atoms in total. The van der Waals surface area contributed by atoms with Crippen LogP contribution in [-0.2, 0) is 0 Å². The maximum atomic E-state index is 5.00. The van der Waals surface area contributed by atoms with Gasteiger partial charge in [0.05, 0.1) is 23.5 Å². The Kier molecular flexibility index (Phi) is 1.92. The number of aromatic nitrogens is 2. The number of para-hydroxylation sites is 2. The molecule has 0 unspecified atom stereocenters. The monoisotopic (exact) mass is 172 g/mol. The third kappa shape index (κ3) is 1.49. The van der Waals surface area contributed by atoms with Crippen molar-refractivity contribution in [3.05, 3.63) is 43.3 Å². The second-order valence-corrected chi connectivity index (χ2v) is 2.48. The number of hydrogen-bond donors (Lipinski definition) is 0. The van der Waals surface area contributed by atoms with Gasteiger partial charge in [0.1, 0.15) is 0 Å². The minimum absolute atomic E-state index is 0.466. The van der Waals surface area contributed by atoms with E-state index in [9.17, 15) is 0 Å². The first-order valence-electron chi connectivity index (χ1n) is 3.89. The highest BCUT2D eigenvalue weighted by molar-refractivity contribution is 5.73. The van der Waals surface area contributed by atoms with Crippen LogP contribution in [0.25, 0.3) is 11.0 Å². The molecule has 0 spiro atoms. The zero-order chi connectivity index (χ0) is 9.10. The first kappa shape index (κ1) is 7.73. The van der Waals surface area contributed by atoms with Gasteiger partial charge in [-0.15, -0.1) is 0 Å². The maximum absolute atomic E-state index is 5.00. The molecule has 1 aromatic heterocycles. The lowest BCUT2D eigenvalue weighted by Gasteiger charge is -1.99. The summed E-state index contributed by atoms with van der Waals surface area (Å²) in [7, 11) is 0. The average molecular weight is 172 g/mol. The fraction of sp³-hybridized carbons (Fsp3) is 0. The van der Waals surface area contributed by atoms with Gasteiger partial charge in [0.15, 0.2) is 0 Å². The molecular formula is C10H8N2O. The van der Waals surface area contributed by atoms with E-state index in [-0.39, 0.29) is 0 Å². The summed E-state index contributed by atoms with van der Waals surface area (Å²) in [5.41, 5.74) is 1.68. The molecule has 0 aliphatic rings. The van der Waals surface area contributed by atoms with Crippen molar-refractivity contribution in [3.63, 3.8) is 0 Å². The third-order valence-corrected chi connectivity index (χ3v) is 1.63. The number of hydrogen-bond acceptors (Lipinski definition) is 3. The Bertz CT molecular complexity index is 440. The predicted molar refractivity (Wildman–Crippen MR) is 50.4 cm³/mol. The predicted octanol–water partition coefficient (Wildman–Crippen LogP) is 2.15. The highest BCUT2D eigenvalue weighted by atomic mass is 16.5. The Morgan fingerprint density at radius 3 is 2.77 bits per heavy atom. The van der Waals surface area contributed by atoms with Crippen molar-refractivity contribution in [2.75, 3.05) is 0 Å². The molecule has 1 heterocycles. The topological polar surface area (TPSA) is 35.0 Å². The van der Waals surface area contributed by atoms with Crippen molar-refractivity contribution >= 4 is 11.0 Å². The van der Waals surface area contributed by atoms with Crippen LogP contribution in [-0.4, -0.2) is 9.97 Å². The van der Waals surface area contributed by atoms with Crippen LogP contribution in [0.1, 0.15) is 0 Å². The van der Waals surface area contributed by atoms with Crippen LogP contribution in [0.2, 0.25) is 0 Å². The van der Waals surface area contributed by atoms with Crippen LogP contribution < -0.4 is 4.74 Å². The van der Waals surface area contributed by atoms with Crippen molar-refractivity contribution in [1.82, 2.24) is 9.97 Å². The van der Waals surface area contributed by atoms with Gasteiger partial charge in [0.25, 0.3) is 0 Å². The Balaban J connectivity index is 2.55. The Labute approximate surface area is 75.7 Å². The largest absolute Gasteiger partial charge is 0.446 e. The van der Waals surface area contributed by atoms with Crippen LogP contribution in [0.4, 0.5) is 0 Å². The minimum atomic E-state index is 0.466. The molecule has 1 aromatic carbocycles. The highest BCUT2D eigenvalue weighted by Gasteiger charge is 1.97. The quantitative estimate of drug-likeness (QED) is 0.651. The van der Waals surface area contributed by atoms with Gasteiger partial charge in [0, 0.05) is 0 Å². The molecule has 0 aliphatic heterocycles. The van der Waals surface area contributed by atoms with Crippen molar-refractivity contribution < 1.29 is 4.74 Å². The smallest absolute Gasteiger partial charge is 0.237 e. The Morgan fingerprint density at radius 1 is 1.23 bits per heavy atom. The van der Waals surface area contributed by atoms with E-state index in [1.807, 2.05) is 24.3 Å². The van der Waals surface area contributed by atoms with Crippen molar-refractivity contribution in [2.45, 2.75) is 0 Å². The Hall–Kier alpha value is -1.90. The van der Waals surface area contributed by atoms with E-state index in [2.05, 4.69) is 16.5 Å². The molecule has 0 atom stereocenters. The second kappa shape index (κ2) is 3.23. The first-order chi connectivity index (χ1) is 6.40. The summed E-state index contributed by atoms with van der Waals surface area (Å²) < 4.78 is 5.00. The molecular weight excluding hydrogens is 164 g/mol. The van der Waals surface area contributed by atoms with Gasteiger partial charge < -0.3 is 4.74 Å². The molecule has 0 aliphatic carbocycles. The molecule has 0 saturated heterocycles. The molecule has 0 bridgehead atoms. The van der Waals surface area contributed by atoms with Gasteiger partial charge in [-0.25, -0.2) is 9.97 Å². The van der Waals surface area contributed by atoms with Gasteiger partial charge in [-0.1, -0.05) is 18.7 Å². The third-order valence-electron chi connectivity index (χ3n) is 1.63. The van der Waals surface area contributed by atoms with Gasteiger partial charge in [0.2, 0.25) is 5.88 Å². The molecule has 0 fully saturated rings. The van der Waals surface area contributed by atoms with E-state index < -0.39 is 0 Å². The molecule has 2 rings (SSSR count). The normalized spacial score (nSPS) is 9.85. The first-order valence-corrected chi connectivity index (χ1v) is 3.89. The summed E-state index contributed by atoms with van der Waals surface area (Å²) >= 11 is 0. The van der Waals surface area contributed by atoms with Gasteiger partial charge >= 0.3 is 0 Å². The van der Waals surface area contributed by atoms with Gasteiger partial charge in [-0.2, -0.15) is 0 Å². The molecule has 0 amide bonds. The molecule has 0 N–H and O–H groups in total. The minimum Gasteiger partial charge on any atom is -0.446 e. The fourth-order valence-corrected chi connectivity index (χ4v) is 1.08. The summed E-state index contributed by atoms with van der Waals surface area (Å²) in [5.74, 6) is 0.466.